The highest BCUT2D eigenvalue weighted by Crippen LogP contribution is 2.33. The maximum atomic E-state index is 12.9. The van der Waals surface area contributed by atoms with Crippen molar-refractivity contribution in [3.05, 3.63) is 70.7 Å². The Kier molecular flexibility index (Phi) is 4.86. The van der Waals surface area contributed by atoms with Crippen molar-refractivity contribution in [2.24, 2.45) is 5.92 Å². The third-order valence-corrected chi connectivity index (χ3v) is 5.91. The van der Waals surface area contributed by atoms with E-state index >= 15 is 0 Å². The molecule has 26 heavy (non-hydrogen) atoms. The van der Waals surface area contributed by atoms with E-state index in [4.69, 9.17) is 0 Å². The highest BCUT2D eigenvalue weighted by molar-refractivity contribution is 7.10. The molecule has 0 radical (unpaired) electrons. The maximum Gasteiger partial charge on any atom is 0.253 e. The largest absolute Gasteiger partial charge is 0.387 e. The fraction of sp³-hybridized carbons (Fsp3) is 0.300. The van der Waals surface area contributed by atoms with Gasteiger partial charge in [0.2, 0.25) is 0 Å². The average Bonchev–Trinajstić information content (AvgIpc) is 3.41. The Morgan fingerprint density at radius 1 is 1.19 bits per heavy atom. The number of carbonyl (C=O) groups excluding carboxylic acids is 1. The number of carbonyl (C=O) groups is 1. The van der Waals surface area contributed by atoms with Crippen molar-refractivity contribution in [2.75, 3.05) is 13.1 Å². The van der Waals surface area contributed by atoms with Crippen LogP contribution in [0, 0.1) is 5.92 Å². The lowest BCUT2D eigenvalue weighted by atomic mass is 9.90. The van der Waals surface area contributed by atoms with Gasteiger partial charge >= 0.3 is 0 Å². The normalized spacial score (nSPS) is 16.6. The number of piperidine rings is 1. The zero-order valence-electron chi connectivity index (χ0n) is 14.4. The van der Waals surface area contributed by atoms with Crippen molar-refractivity contribution in [2.45, 2.75) is 18.9 Å². The predicted molar refractivity (Wildman–Crippen MR) is 101 cm³/mol. The van der Waals surface area contributed by atoms with Crippen LogP contribution in [0.2, 0.25) is 0 Å². The standard InChI is InChI=1S/C20H21N3O2S/c24-19(18-6-2-13-26-18)15-7-11-22(12-8-15)20(25)16-4-1-5-17(14-16)23-10-3-9-21-23/h1-6,9-10,13-15,19,24H,7-8,11-12H2/t19-/m1/s1. The molecule has 6 heteroatoms. The van der Waals surface area contributed by atoms with Crippen molar-refractivity contribution < 1.29 is 9.90 Å². The van der Waals surface area contributed by atoms with Gasteiger partial charge in [-0.05, 0) is 54.5 Å². The molecule has 3 heterocycles. The summed E-state index contributed by atoms with van der Waals surface area (Å²) in [5.74, 6) is 0.260. The summed E-state index contributed by atoms with van der Waals surface area (Å²) in [5.41, 5.74) is 1.55. The number of rotatable bonds is 4. The average molecular weight is 367 g/mol. The summed E-state index contributed by atoms with van der Waals surface area (Å²) in [5, 5.41) is 16.7. The van der Waals surface area contributed by atoms with Gasteiger partial charge in [0.25, 0.3) is 5.91 Å². The minimum absolute atomic E-state index is 0.0445. The molecule has 1 aliphatic rings. The van der Waals surface area contributed by atoms with Gasteiger partial charge in [0.05, 0.1) is 11.8 Å². The second kappa shape index (κ2) is 7.43. The van der Waals surface area contributed by atoms with Crippen molar-refractivity contribution in [3.63, 3.8) is 0 Å². The molecule has 3 aromatic rings. The van der Waals surface area contributed by atoms with Crippen molar-refractivity contribution >= 4 is 17.2 Å². The minimum atomic E-state index is -0.421. The fourth-order valence-electron chi connectivity index (χ4n) is 3.50. The summed E-state index contributed by atoms with van der Waals surface area (Å²) in [7, 11) is 0. The van der Waals surface area contributed by atoms with Crippen LogP contribution in [0.15, 0.2) is 60.2 Å². The highest BCUT2D eigenvalue weighted by atomic mass is 32.1. The van der Waals surface area contributed by atoms with Gasteiger partial charge in [0, 0.05) is 35.9 Å². The van der Waals surface area contributed by atoms with Gasteiger partial charge in [-0.3, -0.25) is 4.79 Å². The molecule has 0 spiro atoms. The Balaban J connectivity index is 1.42. The maximum absolute atomic E-state index is 12.9. The summed E-state index contributed by atoms with van der Waals surface area (Å²) in [6.07, 6.45) is 4.81. The number of hydrogen-bond donors (Lipinski definition) is 1. The molecule has 1 amide bonds. The molecule has 1 fully saturated rings. The summed E-state index contributed by atoms with van der Waals surface area (Å²) >= 11 is 1.59. The molecule has 134 valence electrons. The Morgan fingerprint density at radius 2 is 2.04 bits per heavy atom. The molecule has 1 aliphatic heterocycles. The van der Waals surface area contributed by atoms with E-state index in [1.165, 1.54) is 0 Å². The van der Waals surface area contributed by atoms with E-state index in [0.29, 0.717) is 18.7 Å². The second-order valence-electron chi connectivity index (χ2n) is 6.59. The zero-order chi connectivity index (χ0) is 17.9. The third kappa shape index (κ3) is 3.43. The van der Waals surface area contributed by atoms with E-state index in [9.17, 15) is 9.90 Å². The molecule has 5 nitrogen and oxygen atoms in total. The van der Waals surface area contributed by atoms with Gasteiger partial charge in [0.1, 0.15) is 0 Å². The van der Waals surface area contributed by atoms with Crippen LogP contribution in [-0.4, -0.2) is 38.8 Å². The minimum Gasteiger partial charge on any atom is -0.387 e. The van der Waals surface area contributed by atoms with Crippen LogP contribution in [0.1, 0.15) is 34.2 Å². The van der Waals surface area contributed by atoms with Gasteiger partial charge in [-0.25, -0.2) is 4.68 Å². The SMILES string of the molecule is O=C(c1cccc(-n2cccn2)c1)N1CCC([C@@H](O)c2cccs2)CC1. The summed E-state index contributed by atoms with van der Waals surface area (Å²) in [4.78, 5) is 15.8. The fourth-order valence-corrected chi connectivity index (χ4v) is 4.30. The van der Waals surface area contributed by atoms with Crippen molar-refractivity contribution in [1.82, 2.24) is 14.7 Å². The first-order chi connectivity index (χ1) is 12.7. The van der Waals surface area contributed by atoms with E-state index in [0.717, 1.165) is 23.4 Å². The molecular formula is C20H21N3O2S. The van der Waals surface area contributed by atoms with Gasteiger partial charge < -0.3 is 10.0 Å². The molecule has 0 bridgehead atoms. The van der Waals surface area contributed by atoms with Crippen molar-refractivity contribution in [3.8, 4) is 5.69 Å². The topological polar surface area (TPSA) is 58.4 Å². The summed E-state index contributed by atoms with van der Waals surface area (Å²) in [6.45, 7) is 1.36. The lowest BCUT2D eigenvalue weighted by Gasteiger charge is -2.34. The molecular weight excluding hydrogens is 346 g/mol. The molecule has 2 aromatic heterocycles. The number of aliphatic hydroxyl groups is 1. The molecule has 1 aromatic carbocycles. The van der Waals surface area contributed by atoms with Crippen LogP contribution in [0.25, 0.3) is 5.69 Å². The van der Waals surface area contributed by atoms with Crippen LogP contribution >= 0.6 is 11.3 Å². The van der Waals surface area contributed by atoms with E-state index in [2.05, 4.69) is 5.10 Å². The second-order valence-corrected chi connectivity index (χ2v) is 7.57. The third-order valence-electron chi connectivity index (χ3n) is 4.97. The number of aromatic nitrogens is 2. The van der Waals surface area contributed by atoms with Gasteiger partial charge in [-0.2, -0.15) is 5.10 Å². The van der Waals surface area contributed by atoms with Crippen LogP contribution in [0.4, 0.5) is 0 Å². The number of hydrogen-bond acceptors (Lipinski definition) is 4. The van der Waals surface area contributed by atoms with Gasteiger partial charge in [-0.1, -0.05) is 12.1 Å². The van der Waals surface area contributed by atoms with Gasteiger partial charge in [0.15, 0.2) is 0 Å². The Bertz CT molecular complexity index is 853. The van der Waals surface area contributed by atoms with E-state index in [-0.39, 0.29) is 11.8 Å². The molecule has 0 saturated carbocycles. The van der Waals surface area contributed by atoms with Gasteiger partial charge in [-0.15, -0.1) is 11.3 Å². The first kappa shape index (κ1) is 17.0. The number of thiophene rings is 1. The lowest BCUT2D eigenvalue weighted by molar-refractivity contribution is 0.0474. The van der Waals surface area contributed by atoms with Crippen LogP contribution < -0.4 is 0 Å². The zero-order valence-corrected chi connectivity index (χ0v) is 15.2. The molecule has 0 aliphatic carbocycles. The Hall–Kier alpha value is -2.44. The number of likely N-dealkylation sites (tertiary alicyclic amines) is 1. The first-order valence-electron chi connectivity index (χ1n) is 8.83. The molecule has 0 unspecified atom stereocenters. The highest BCUT2D eigenvalue weighted by Gasteiger charge is 2.29. The van der Waals surface area contributed by atoms with E-state index < -0.39 is 6.10 Å². The number of nitrogens with zero attached hydrogens (tertiary/aromatic N) is 3. The number of amides is 1. The molecule has 1 N–H and O–H groups in total. The lowest BCUT2D eigenvalue weighted by Crippen LogP contribution is -2.39. The van der Waals surface area contributed by atoms with Crippen LogP contribution in [0.3, 0.4) is 0 Å². The Labute approximate surface area is 156 Å². The molecule has 4 rings (SSSR count). The van der Waals surface area contributed by atoms with E-state index in [1.807, 2.05) is 58.9 Å². The van der Waals surface area contributed by atoms with Crippen LogP contribution in [-0.2, 0) is 0 Å². The van der Waals surface area contributed by atoms with E-state index in [1.54, 1.807) is 22.2 Å². The molecule has 1 atom stereocenters. The monoisotopic (exact) mass is 367 g/mol. The quantitative estimate of drug-likeness (QED) is 0.768. The summed E-state index contributed by atoms with van der Waals surface area (Å²) < 4.78 is 1.75. The molecule has 1 saturated heterocycles. The smallest absolute Gasteiger partial charge is 0.253 e. The van der Waals surface area contributed by atoms with Crippen LogP contribution in [0.5, 0.6) is 0 Å². The number of benzene rings is 1. The first-order valence-corrected chi connectivity index (χ1v) is 9.71. The predicted octanol–water partition coefficient (Wildman–Crippen LogP) is 3.52. The summed E-state index contributed by atoms with van der Waals surface area (Å²) in [6, 6.07) is 13.4. The van der Waals surface area contributed by atoms with Crippen molar-refractivity contribution in [1.29, 1.82) is 0 Å². The Morgan fingerprint density at radius 3 is 2.73 bits per heavy atom. The number of aliphatic hydroxyl groups excluding tert-OH is 1.